The topological polar surface area (TPSA) is 29.5 Å². The van der Waals surface area contributed by atoms with Crippen molar-refractivity contribution in [2.24, 2.45) is 0 Å². The molecule has 0 fully saturated rings. The minimum Gasteiger partial charge on any atom is -0.493 e. The van der Waals surface area contributed by atoms with E-state index in [1.165, 1.54) is 6.07 Å². The summed E-state index contributed by atoms with van der Waals surface area (Å²) < 4.78 is 18.5. The lowest BCUT2D eigenvalue weighted by Crippen LogP contribution is -2.02. The summed E-state index contributed by atoms with van der Waals surface area (Å²) in [5, 5.41) is 10.4. The van der Waals surface area contributed by atoms with E-state index in [4.69, 9.17) is 16.3 Å². The highest BCUT2D eigenvalue weighted by atomic mass is 35.5. The molecule has 0 bridgehead atoms. The maximum atomic E-state index is 13.1. The first kappa shape index (κ1) is 13.4. The first-order chi connectivity index (χ1) is 9.63. The van der Waals surface area contributed by atoms with Crippen LogP contribution in [0.3, 0.4) is 0 Å². The minimum absolute atomic E-state index is 0.0806. The van der Waals surface area contributed by atoms with Crippen molar-refractivity contribution in [3.63, 3.8) is 0 Å². The molecule has 104 valence electrons. The third-order valence-corrected chi connectivity index (χ3v) is 3.80. The average molecular weight is 293 g/mol. The van der Waals surface area contributed by atoms with Crippen molar-refractivity contribution in [2.45, 2.75) is 18.9 Å². The highest BCUT2D eigenvalue weighted by Crippen LogP contribution is 2.29. The Labute approximate surface area is 121 Å². The molecule has 1 unspecified atom stereocenters. The number of hydrogen-bond donors (Lipinski definition) is 1. The fourth-order valence-corrected chi connectivity index (χ4v) is 2.62. The molecule has 0 amide bonds. The first-order valence-electron chi connectivity index (χ1n) is 6.51. The number of benzene rings is 2. The summed E-state index contributed by atoms with van der Waals surface area (Å²) in [4.78, 5) is 0. The highest BCUT2D eigenvalue weighted by Gasteiger charge is 2.16. The normalized spacial score (nSPS) is 14.8. The Morgan fingerprint density at radius 3 is 2.90 bits per heavy atom. The summed E-state index contributed by atoms with van der Waals surface area (Å²) in [5.74, 6) is 0.449. The zero-order chi connectivity index (χ0) is 14.1. The molecule has 4 heteroatoms. The SMILES string of the molecule is OC(Cc1ccc(F)c(Cl)c1)c1ccc2c(c1)CCO2. The van der Waals surface area contributed by atoms with E-state index in [1.54, 1.807) is 12.1 Å². The first-order valence-corrected chi connectivity index (χ1v) is 6.89. The van der Waals surface area contributed by atoms with Gasteiger partial charge in [0.25, 0.3) is 0 Å². The predicted octanol–water partition coefficient (Wildman–Crippen LogP) is 3.69. The number of aliphatic hydroxyl groups is 1. The summed E-state index contributed by atoms with van der Waals surface area (Å²) >= 11 is 5.75. The molecule has 0 spiro atoms. The molecule has 1 aliphatic rings. The van der Waals surface area contributed by atoms with Gasteiger partial charge in [-0.2, -0.15) is 0 Å². The Morgan fingerprint density at radius 2 is 2.10 bits per heavy atom. The number of fused-ring (bicyclic) bond motifs is 1. The van der Waals surface area contributed by atoms with Crippen LogP contribution in [-0.4, -0.2) is 11.7 Å². The van der Waals surface area contributed by atoms with Gasteiger partial charge in [-0.3, -0.25) is 0 Å². The lowest BCUT2D eigenvalue weighted by molar-refractivity contribution is 0.178. The lowest BCUT2D eigenvalue weighted by atomic mass is 9.99. The Hall–Kier alpha value is -1.58. The van der Waals surface area contributed by atoms with E-state index in [9.17, 15) is 9.50 Å². The van der Waals surface area contributed by atoms with Gasteiger partial charge in [0.1, 0.15) is 11.6 Å². The molecule has 1 atom stereocenters. The van der Waals surface area contributed by atoms with E-state index >= 15 is 0 Å². The van der Waals surface area contributed by atoms with Crippen LogP contribution in [0.2, 0.25) is 5.02 Å². The van der Waals surface area contributed by atoms with E-state index in [0.29, 0.717) is 13.0 Å². The van der Waals surface area contributed by atoms with Crippen LogP contribution < -0.4 is 4.74 Å². The van der Waals surface area contributed by atoms with Crippen LogP contribution in [0.15, 0.2) is 36.4 Å². The van der Waals surface area contributed by atoms with Gasteiger partial charge in [-0.1, -0.05) is 23.7 Å². The van der Waals surface area contributed by atoms with Crippen LogP contribution in [0.4, 0.5) is 4.39 Å². The van der Waals surface area contributed by atoms with Crippen LogP contribution in [0.5, 0.6) is 5.75 Å². The molecule has 2 nitrogen and oxygen atoms in total. The molecule has 20 heavy (non-hydrogen) atoms. The molecule has 1 aliphatic heterocycles. The largest absolute Gasteiger partial charge is 0.493 e. The summed E-state index contributed by atoms with van der Waals surface area (Å²) in [6.07, 6.45) is 0.639. The molecule has 2 aromatic carbocycles. The molecule has 0 aromatic heterocycles. The van der Waals surface area contributed by atoms with Gasteiger partial charge in [-0.15, -0.1) is 0 Å². The quantitative estimate of drug-likeness (QED) is 0.935. The molecular weight excluding hydrogens is 279 g/mol. The predicted molar refractivity (Wildman–Crippen MR) is 75.7 cm³/mol. The molecule has 0 saturated carbocycles. The second kappa shape index (κ2) is 5.43. The van der Waals surface area contributed by atoms with Gasteiger partial charge in [-0.25, -0.2) is 4.39 Å². The molecular formula is C16H14ClFO2. The molecule has 1 N–H and O–H groups in total. The maximum Gasteiger partial charge on any atom is 0.141 e. The van der Waals surface area contributed by atoms with Gasteiger partial charge in [-0.05, 0) is 41.0 Å². The van der Waals surface area contributed by atoms with Crippen molar-refractivity contribution in [3.05, 3.63) is 63.9 Å². The Morgan fingerprint density at radius 1 is 1.25 bits per heavy atom. The van der Waals surface area contributed by atoms with Crippen molar-refractivity contribution in [3.8, 4) is 5.75 Å². The van der Waals surface area contributed by atoms with Crippen LogP contribution in [0.25, 0.3) is 0 Å². The fraction of sp³-hybridized carbons (Fsp3) is 0.250. The van der Waals surface area contributed by atoms with Crippen molar-refractivity contribution in [1.82, 2.24) is 0 Å². The molecule has 0 aliphatic carbocycles. The average Bonchev–Trinajstić information content (AvgIpc) is 2.90. The van der Waals surface area contributed by atoms with Crippen LogP contribution in [-0.2, 0) is 12.8 Å². The van der Waals surface area contributed by atoms with Crippen molar-refractivity contribution in [2.75, 3.05) is 6.61 Å². The van der Waals surface area contributed by atoms with Crippen molar-refractivity contribution >= 4 is 11.6 Å². The van der Waals surface area contributed by atoms with Gasteiger partial charge in [0.15, 0.2) is 0 Å². The highest BCUT2D eigenvalue weighted by molar-refractivity contribution is 6.30. The van der Waals surface area contributed by atoms with Gasteiger partial charge in [0.05, 0.1) is 17.7 Å². The fourth-order valence-electron chi connectivity index (χ4n) is 2.42. The number of rotatable bonds is 3. The number of hydrogen-bond acceptors (Lipinski definition) is 2. The van der Waals surface area contributed by atoms with Crippen LogP contribution in [0.1, 0.15) is 22.8 Å². The minimum atomic E-state index is -0.637. The lowest BCUT2D eigenvalue weighted by Gasteiger charge is -2.12. The standard InChI is InChI=1S/C16H14ClFO2/c17-13-7-10(1-3-14(13)18)8-15(19)11-2-4-16-12(9-11)5-6-20-16/h1-4,7,9,15,19H,5-6,8H2. The van der Waals surface area contributed by atoms with E-state index in [1.807, 2.05) is 18.2 Å². The molecule has 1 heterocycles. The van der Waals surface area contributed by atoms with E-state index < -0.39 is 11.9 Å². The van der Waals surface area contributed by atoms with E-state index in [0.717, 1.165) is 28.9 Å². The van der Waals surface area contributed by atoms with Crippen molar-refractivity contribution < 1.29 is 14.2 Å². The van der Waals surface area contributed by atoms with E-state index in [2.05, 4.69) is 0 Å². The summed E-state index contributed by atoms with van der Waals surface area (Å²) in [6.45, 7) is 0.697. The monoisotopic (exact) mass is 292 g/mol. The summed E-state index contributed by atoms with van der Waals surface area (Å²) in [7, 11) is 0. The third-order valence-electron chi connectivity index (χ3n) is 3.51. The van der Waals surface area contributed by atoms with Crippen molar-refractivity contribution in [1.29, 1.82) is 0 Å². The molecule has 0 radical (unpaired) electrons. The molecule has 2 aromatic rings. The third kappa shape index (κ3) is 2.65. The smallest absolute Gasteiger partial charge is 0.141 e. The van der Waals surface area contributed by atoms with E-state index in [-0.39, 0.29) is 5.02 Å². The Bertz CT molecular complexity index is 642. The Kier molecular flexibility index (Phi) is 3.64. The Balaban J connectivity index is 1.78. The molecule has 3 rings (SSSR count). The van der Waals surface area contributed by atoms with Gasteiger partial charge in [0, 0.05) is 12.8 Å². The second-order valence-corrected chi connectivity index (χ2v) is 5.34. The summed E-state index contributed by atoms with van der Waals surface area (Å²) in [5.41, 5.74) is 2.77. The number of aliphatic hydroxyl groups excluding tert-OH is 1. The zero-order valence-corrected chi connectivity index (χ0v) is 11.5. The number of halogens is 2. The number of ether oxygens (including phenoxy) is 1. The van der Waals surface area contributed by atoms with Gasteiger partial charge in [0.2, 0.25) is 0 Å². The maximum absolute atomic E-state index is 13.1. The molecule has 0 saturated heterocycles. The van der Waals surface area contributed by atoms with Gasteiger partial charge < -0.3 is 9.84 Å². The van der Waals surface area contributed by atoms with Gasteiger partial charge >= 0.3 is 0 Å². The summed E-state index contributed by atoms with van der Waals surface area (Å²) in [6, 6.07) is 10.2. The zero-order valence-electron chi connectivity index (χ0n) is 10.8. The van der Waals surface area contributed by atoms with Crippen LogP contribution in [0, 0.1) is 5.82 Å². The van der Waals surface area contributed by atoms with Crippen LogP contribution >= 0.6 is 11.6 Å². The second-order valence-electron chi connectivity index (χ2n) is 4.93.